The number of rotatable bonds is 12. The first-order chi connectivity index (χ1) is 20.0. The first-order valence-electron chi connectivity index (χ1n) is 13.6. The molecule has 0 saturated heterocycles. The molecule has 4 nitrogen and oxygen atoms in total. The zero-order valence-electron chi connectivity index (χ0n) is 22.6. The highest BCUT2D eigenvalue weighted by molar-refractivity contribution is 7.09. The Hall–Kier alpha value is -4.20. The second-order valence-electron chi connectivity index (χ2n) is 9.94. The summed E-state index contributed by atoms with van der Waals surface area (Å²) in [7, 11) is 0. The van der Waals surface area contributed by atoms with E-state index < -0.39 is 0 Å². The molecule has 1 aromatic heterocycles. The summed E-state index contributed by atoms with van der Waals surface area (Å²) in [5, 5.41) is 2.56. The van der Waals surface area contributed by atoms with Crippen molar-refractivity contribution in [2.45, 2.75) is 32.6 Å². The van der Waals surface area contributed by atoms with Crippen LogP contribution in [0.1, 0.15) is 37.7 Å². The zero-order chi connectivity index (χ0) is 28.4. The van der Waals surface area contributed by atoms with Crippen LogP contribution in [0.3, 0.4) is 0 Å². The molecule has 41 heavy (non-hydrogen) atoms. The van der Waals surface area contributed by atoms with Crippen molar-refractivity contribution >= 4 is 17.2 Å². The van der Waals surface area contributed by atoms with E-state index in [-0.39, 0.29) is 17.5 Å². The molecule has 0 aliphatic rings. The number of thiazole rings is 1. The van der Waals surface area contributed by atoms with Crippen LogP contribution in [0.5, 0.6) is 0 Å². The predicted molar refractivity (Wildman–Crippen MR) is 159 cm³/mol. The minimum atomic E-state index is -0.301. The normalized spacial score (nSPS) is 11.1. The average molecular weight is 568 g/mol. The van der Waals surface area contributed by atoms with Gasteiger partial charge in [0.2, 0.25) is 0 Å². The number of amides is 1. The van der Waals surface area contributed by atoms with Crippen LogP contribution >= 0.6 is 11.3 Å². The molecule has 0 aliphatic carbocycles. The second-order valence-corrected chi connectivity index (χ2v) is 10.9. The molecule has 0 saturated carbocycles. The molecule has 0 bridgehead atoms. The van der Waals surface area contributed by atoms with E-state index in [9.17, 15) is 13.6 Å². The van der Waals surface area contributed by atoms with Gasteiger partial charge in [0.05, 0.1) is 6.54 Å². The summed E-state index contributed by atoms with van der Waals surface area (Å²) >= 11 is 1.42. The van der Waals surface area contributed by atoms with Crippen molar-refractivity contribution in [3.63, 3.8) is 0 Å². The zero-order valence-corrected chi connectivity index (χ0v) is 23.4. The van der Waals surface area contributed by atoms with Crippen molar-refractivity contribution < 1.29 is 13.6 Å². The number of benzene rings is 4. The van der Waals surface area contributed by atoms with Gasteiger partial charge in [0, 0.05) is 37.1 Å². The molecule has 0 aliphatic heterocycles. The van der Waals surface area contributed by atoms with Crippen molar-refractivity contribution in [1.82, 2.24) is 14.8 Å². The molecule has 7 heteroatoms. The van der Waals surface area contributed by atoms with Crippen molar-refractivity contribution in [3.8, 4) is 0 Å². The van der Waals surface area contributed by atoms with Crippen LogP contribution in [0.4, 0.5) is 8.78 Å². The molecule has 1 amide bonds. The van der Waals surface area contributed by atoms with E-state index in [1.165, 1.54) is 35.1 Å². The summed E-state index contributed by atoms with van der Waals surface area (Å²) < 4.78 is 28.0. The average Bonchev–Trinajstić information content (AvgIpc) is 3.47. The lowest BCUT2D eigenvalue weighted by Crippen LogP contribution is -2.33. The standard InChI is InChI=1S/C34H31F2N3OS/c35-30-17-15-28(16-18-30)21-38(23-29-13-7-8-14-31(29)36)24-33-37-32(25-41-33)34(40)39(22-27-11-5-2-6-12-27)20-19-26-9-3-1-4-10-26/h1-18,25H,19-24H2. The predicted octanol–water partition coefficient (Wildman–Crippen LogP) is 7.51. The van der Waals surface area contributed by atoms with Gasteiger partial charge in [-0.25, -0.2) is 13.8 Å². The van der Waals surface area contributed by atoms with Gasteiger partial charge in [-0.3, -0.25) is 9.69 Å². The topological polar surface area (TPSA) is 36.4 Å². The van der Waals surface area contributed by atoms with Gasteiger partial charge in [-0.15, -0.1) is 11.3 Å². The minimum Gasteiger partial charge on any atom is -0.333 e. The van der Waals surface area contributed by atoms with E-state index in [1.807, 2.05) is 59.5 Å². The second kappa shape index (κ2) is 13.9. The maximum atomic E-state index is 14.5. The van der Waals surface area contributed by atoms with Gasteiger partial charge in [-0.05, 0) is 41.3 Å². The van der Waals surface area contributed by atoms with Gasteiger partial charge in [0.25, 0.3) is 5.91 Å². The van der Waals surface area contributed by atoms with E-state index in [0.717, 1.165) is 22.6 Å². The highest BCUT2D eigenvalue weighted by atomic mass is 32.1. The third-order valence-corrected chi connectivity index (χ3v) is 7.65. The van der Waals surface area contributed by atoms with Crippen molar-refractivity contribution in [1.29, 1.82) is 0 Å². The molecule has 0 unspecified atom stereocenters. The van der Waals surface area contributed by atoms with Crippen LogP contribution in [-0.4, -0.2) is 27.2 Å². The molecule has 0 atom stereocenters. The maximum Gasteiger partial charge on any atom is 0.273 e. The highest BCUT2D eigenvalue weighted by Gasteiger charge is 2.21. The molecule has 5 rings (SSSR count). The fourth-order valence-electron chi connectivity index (χ4n) is 4.68. The Bertz CT molecular complexity index is 1540. The fourth-order valence-corrected chi connectivity index (χ4v) is 5.49. The summed E-state index contributed by atoms with van der Waals surface area (Å²) in [5.41, 5.74) is 4.10. The number of aromatic nitrogens is 1. The summed E-state index contributed by atoms with van der Waals surface area (Å²) in [4.78, 5) is 22.3. The van der Waals surface area contributed by atoms with Gasteiger partial charge < -0.3 is 4.90 Å². The number of carbonyl (C=O) groups is 1. The molecule has 0 N–H and O–H groups in total. The lowest BCUT2D eigenvalue weighted by Gasteiger charge is -2.23. The quantitative estimate of drug-likeness (QED) is 0.157. The SMILES string of the molecule is O=C(c1csc(CN(Cc2ccc(F)cc2)Cc2ccccc2F)n1)N(CCc1ccccc1)Cc1ccccc1. The molecular weight excluding hydrogens is 536 g/mol. The Morgan fingerprint density at radius 2 is 1.32 bits per heavy atom. The Morgan fingerprint density at radius 1 is 0.683 bits per heavy atom. The van der Waals surface area contributed by atoms with Gasteiger partial charge in [-0.1, -0.05) is 91.0 Å². The van der Waals surface area contributed by atoms with E-state index in [1.54, 1.807) is 29.6 Å². The summed E-state index contributed by atoms with van der Waals surface area (Å²) in [5.74, 6) is -0.696. The number of hydrogen-bond acceptors (Lipinski definition) is 4. The Morgan fingerprint density at radius 3 is 2.02 bits per heavy atom. The molecule has 4 aromatic carbocycles. The summed E-state index contributed by atoms with van der Waals surface area (Å²) in [6, 6.07) is 33.1. The Balaban J connectivity index is 1.33. The molecule has 5 aromatic rings. The van der Waals surface area contributed by atoms with Gasteiger partial charge >= 0.3 is 0 Å². The lowest BCUT2D eigenvalue weighted by molar-refractivity contribution is 0.0739. The molecular formula is C34H31F2N3OS. The third kappa shape index (κ3) is 8.16. The van der Waals surface area contributed by atoms with Crippen LogP contribution in [-0.2, 0) is 32.6 Å². The van der Waals surface area contributed by atoms with Crippen LogP contribution in [0.2, 0.25) is 0 Å². The highest BCUT2D eigenvalue weighted by Crippen LogP contribution is 2.20. The van der Waals surface area contributed by atoms with Crippen LogP contribution in [0.25, 0.3) is 0 Å². The van der Waals surface area contributed by atoms with Crippen LogP contribution < -0.4 is 0 Å². The van der Waals surface area contributed by atoms with Crippen molar-refractivity contribution in [2.24, 2.45) is 0 Å². The molecule has 208 valence electrons. The Labute approximate surface area is 243 Å². The summed E-state index contributed by atoms with van der Waals surface area (Å²) in [6.45, 7) is 2.31. The van der Waals surface area contributed by atoms with E-state index in [2.05, 4.69) is 17.0 Å². The lowest BCUT2D eigenvalue weighted by atomic mass is 10.1. The number of nitrogens with zero attached hydrogens (tertiary/aromatic N) is 3. The first kappa shape index (κ1) is 28.3. The number of carbonyl (C=O) groups excluding carboxylic acids is 1. The Kier molecular flexibility index (Phi) is 9.62. The van der Waals surface area contributed by atoms with E-state index in [0.29, 0.717) is 44.0 Å². The van der Waals surface area contributed by atoms with Crippen molar-refractivity contribution in [3.05, 3.63) is 159 Å². The van der Waals surface area contributed by atoms with E-state index >= 15 is 0 Å². The maximum absolute atomic E-state index is 14.5. The molecule has 0 radical (unpaired) electrons. The van der Waals surface area contributed by atoms with Crippen LogP contribution in [0, 0.1) is 11.6 Å². The van der Waals surface area contributed by atoms with Crippen LogP contribution in [0.15, 0.2) is 115 Å². The molecule has 0 spiro atoms. The van der Waals surface area contributed by atoms with Gasteiger partial charge in [0.15, 0.2) is 0 Å². The van der Waals surface area contributed by atoms with Crippen molar-refractivity contribution in [2.75, 3.05) is 6.54 Å². The molecule has 0 fully saturated rings. The fraction of sp³-hybridized carbons (Fsp3) is 0.176. The minimum absolute atomic E-state index is 0.119. The largest absolute Gasteiger partial charge is 0.333 e. The van der Waals surface area contributed by atoms with E-state index in [4.69, 9.17) is 4.98 Å². The monoisotopic (exact) mass is 567 g/mol. The third-order valence-electron chi connectivity index (χ3n) is 6.82. The van der Waals surface area contributed by atoms with Gasteiger partial charge in [0.1, 0.15) is 22.3 Å². The van der Waals surface area contributed by atoms with Gasteiger partial charge in [-0.2, -0.15) is 0 Å². The molecule has 1 heterocycles. The smallest absolute Gasteiger partial charge is 0.273 e. The number of halogens is 2. The number of hydrogen-bond donors (Lipinski definition) is 0. The summed E-state index contributed by atoms with van der Waals surface area (Å²) in [6.07, 6.45) is 0.741. The first-order valence-corrected chi connectivity index (χ1v) is 14.4.